The van der Waals surface area contributed by atoms with Crippen molar-refractivity contribution in [1.82, 2.24) is 15.5 Å². The fraction of sp³-hybridized carbons (Fsp3) is 0.719. The van der Waals surface area contributed by atoms with Gasteiger partial charge in [0.25, 0.3) is 0 Å². The molecule has 1 aromatic rings. The van der Waals surface area contributed by atoms with Gasteiger partial charge in [-0.3, -0.25) is 9.59 Å². The predicted molar refractivity (Wildman–Crippen MR) is 158 cm³/mol. The molecule has 1 aliphatic rings. The van der Waals surface area contributed by atoms with Gasteiger partial charge in [-0.1, -0.05) is 75.8 Å². The minimum atomic E-state index is -0.841. The molecule has 0 radical (unpaired) electrons. The summed E-state index contributed by atoms with van der Waals surface area (Å²) in [5.74, 6) is -0.603. The number of carbonyl (C=O) groups excluding carboxylic acids is 3. The molecule has 3 amide bonds. The van der Waals surface area contributed by atoms with Crippen molar-refractivity contribution in [3.63, 3.8) is 0 Å². The van der Waals surface area contributed by atoms with Crippen LogP contribution < -0.4 is 10.6 Å². The standard InChI is InChI=1S/C32H53N3O4/c1-11-23(5)26(34-30(38)39-31(6,7)8)29(37)35(32(9,10)12-2)27(24-19-21(3)18-22(4)20-24)28(36)33-25-16-14-13-15-17-25/h18-20,23,25-27H,11-17H2,1-10H3,(H,33,36)(H,34,38). The molecule has 0 bridgehead atoms. The summed E-state index contributed by atoms with van der Waals surface area (Å²) in [6.45, 7) is 19.4. The van der Waals surface area contributed by atoms with Gasteiger partial charge in [-0.05, 0) is 79.2 Å². The van der Waals surface area contributed by atoms with Gasteiger partial charge in [0.1, 0.15) is 17.7 Å². The van der Waals surface area contributed by atoms with Crippen LogP contribution in [0.2, 0.25) is 0 Å². The zero-order chi connectivity index (χ0) is 29.5. The minimum absolute atomic E-state index is 0.103. The highest BCUT2D eigenvalue weighted by Gasteiger charge is 2.44. The summed E-state index contributed by atoms with van der Waals surface area (Å²) in [6.07, 6.45) is 5.96. The number of alkyl carbamates (subject to hydrolysis) is 1. The largest absolute Gasteiger partial charge is 0.444 e. The quantitative estimate of drug-likeness (QED) is 0.342. The van der Waals surface area contributed by atoms with Gasteiger partial charge in [0, 0.05) is 11.6 Å². The average Bonchev–Trinajstić information content (AvgIpc) is 2.83. The summed E-state index contributed by atoms with van der Waals surface area (Å²) in [7, 11) is 0. The van der Waals surface area contributed by atoms with Gasteiger partial charge >= 0.3 is 6.09 Å². The van der Waals surface area contributed by atoms with Gasteiger partial charge < -0.3 is 20.3 Å². The van der Waals surface area contributed by atoms with Crippen LogP contribution in [0.5, 0.6) is 0 Å². The second-order valence-corrected chi connectivity index (χ2v) is 13.1. The van der Waals surface area contributed by atoms with Gasteiger partial charge in [-0.25, -0.2) is 4.79 Å². The number of hydrogen-bond donors (Lipinski definition) is 2. The zero-order valence-corrected chi connectivity index (χ0v) is 26.1. The molecule has 0 aromatic heterocycles. The number of nitrogens with zero attached hydrogens (tertiary/aromatic N) is 1. The first-order chi connectivity index (χ1) is 18.1. The predicted octanol–water partition coefficient (Wildman–Crippen LogP) is 6.75. The molecule has 0 spiro atoms. The maximum absolute atomic E-state index is 14.6. The van der Waals surface area contributed by atoms with Crippen molar-refractivity contribution >= 4 is 17.9 Å². The Morgan fingerprint density at radius 3 is 2.03 bits per heavy atom. The van der Waals surface area contributed by atoms with Crippen molar-refractivity contribution in [2.75, 3.05) is 0 Å². The zero-order valence-electron chi connectivity index (χ0n) is 26.1. The van der Waals surface area contributed by atoms with E-state index in [0.717, 1.165) is 42.4 Å². The van der Waals surface area contributed by atoms with Gasteiger partial charge in [0.15, 0.2) is 0 Å². The van der Waals surface area contributed by atoms with Crippen molar-refractivity contribution < 1.29 is 19.1 Å². The molecule has 0 aliphatic heterocycles. The Balaban J connectivity index is 2.63. The molecule has 7 heteroatoms. The van der Waals surface area contributed by atoms with E-state index >= 15 is 0 Å². The fourth-order valence-electron chi connectivity index (χ4n) is 5.33. The summed E-state index contributed by atoms with van der Waals surface area (Å²) in [5.41, 5.74) is 1.50. The first-order valence-corrected chi connectivity index (χ1v) is 14.8. The summed E-state index contributed by atoms with van der Waals surface area (Å²) in [4.78, 5) is 43.4. The Morgan fingerprint density at radius 2 is 1.54 bits per heavy atom. The van der Waals surface area contributed by atoms with Gasteiger partial charge in [0.05, 0.1) is 0 Å². The van der Waals surface area contributed by atoms with E-state index in [-0.39, 0.29) is 23.8 Å². The first-order valence-electron chi connectivity index (χ1n) is 14.8. The number of rotatable bonds is 10. The monoisotopic (exact) mass is 543 g/mol. The Kier molecular flexibility index (Phi) is 11.4. The van der Waals surface area contributed by atoms with Crippen LogP contribution in [0.25, 0.3) is 0 Å². The second kappa shape index (κ2) is 13.7. The number of aryl methyl sites for hydroxylation is 2. The van der Waals surface area contributed by atoms with Crippen LogP contribution in [0.3, 0.4) is 0 Å². The molecule has 220 valence electrons. The van der Waals surface area contributed by atoms with Crippen LogP contribution in [0.1, 0.15) is 123 Å². The molecule has 2 N–H and O–H groups in total. The Hall–Kier alpha value is -2.57. The number of benzene rings is 1. The number of nitrogens with one attached hydrogen (secondary N) is 2. The van der Waals surface area contributed by atoms with E-state index in [2.05, 4.69) is 16.7 Å². The van der Waals surface area contributed by atoms with Gasteiger partial charge in [0.2, 0.25) is 11.8 Å². The van der Waals surface area contributed by atoms with Crippen molar-refractivity contribution in [1.29, 1.82) is 0 Å². The van der Waals surface area contributed by atoms with E-state index in [0.29, 0.717) is 12.8 Å². The third-order valence-corrected chi connectivity index (χ3v) is 7.92. The number of hydrogen-bond acceptors (Lipinski definition) is 4. The molecule has 3 atom stereocenters. The third-order valence-electron chi connectivity index (χ3n) is 7.92. The molecular formula is C32H53N3O4. The number of amides is 3. The minimum Gasteiger partial charge on any atom is -0.444 e. The smallest absolute Gasteiger partial charge is 0.408 e. The molecule has 1 saturated carbocycles. The second-order valence-electron chi connectivity index (χ2n) is 13.1. The lowest BCUT2D eigenvalue weighted by molar-refractivity contribution is -0.150. The van der Waals surface area contributed by atoms with Crippen LogP contribution in [-0.4, -0.2) is 46.0 Å². The molecule has 1 aromatic carbocycles. The van der Waals surface area contributed by atoms with Crippen LogP contribution in [0.15, 0.2) is 18.2 Å². The number of carbonyl (C=O) groups is 3. The SMILES string of the molecule is CCC(C)C(NC(=O)OC(C)(C)C)C(=O)N(C(C(=O)NC1CCCCC1)c1cc(C)cc(C)c1)C(C)(C)CC. The molecule has 7 nitrogen and oxygen atoms in total. The van der Waals surface area contributed by atoms with Gasteiger partial charge in [-0.15, -0.1) is 0 Å². The third kappa shape index (κ3) is 9.25. The highest BCUT2D eigenvalue weighted by Crippen LogP contribution is 2.34. The molecule has 0 heterocycles. The van der Waals surface area contributed by atoms with E-state index in [9.17, 15) is 14.4 Å². The molecule has 0 saturated heterocycles. The Labute approximate surface area is 236 Å². The number of ether oxygens (including phenoxy) is 1. The maximum Gasteiger partial charge on any atom is 0.408 e. The van der Waals surface area contributed by atoms with E-state index in [1.165, 1.54) is 6.42 Å². The normalized spacial score (nSPS) is 17.1. The lowest BCUT2D eigenvalue weighted by Crippen LogP contribution is -2.61. The summed E-state index contributed by atoms with van der Waals surface area (Å²) >= 11 is 0. The van der Waals surface area contributed by atoms with E-state index in [1.54, 1.807) is 25.7 Å². The summed E-state index contributed by atoms with van der Waals surface area (Å²) < 4.78 is 5.53. The van der Waals surface area contributed by atoms with Crippen molar-refractivity contribution in [2.24, 2.45) is 5.92 Å². The van der Waals surface area contributed by atoms with Crippen molar-refractivity contribution in [3.05, 3.63) is 34.9 Å². The molecule has 39 heavy (non-hydrogen) atoms. The molecule has 1 fully saturated rings. The lowest BCUT2D eigenvalue weighted by Gasteiger charge is -2.45. The summed E-state index contributed by atoms with van der Waals surface area (Å²) in [6, 6.07) is 4.51. The topological polar surface area (TPSA) is 87.7 Å². The van der Waals surface area contributed by atoms with E-state index in [4.69, 9.17) is 4.74 Å². The van der Waals surface area contributed by atoms with E-state index in [1.807, 2.05) is 60.6 Å². The van der Waals surface area contributed by atoms with Crippen molar-refractivity contribution in [2.45, 2.75) is 143 Å². The van der Waals surface area contributed by atoms with Crippen LogP contribution in [0, 0.1) is 19.8 Å². The molecule has 1 aliphatic carbocycles. The highest BCUT2D eigenvalue weighted by molar-refractivity contribution is 5.93. The fourth-order valence-corrected chi connectivity index (χ4v) is 5.33. The lowest BCUT2D eigenvalue weighted by atomic mass is 9.88. The highest BCUT2D eigenvalue weighted by atomic mass is 16.6. The van der Waals surface area contributed by atoms with Crippen LogP contribution in [-0.2, 0) is 14.3 Å². The first kappa shape index (κ1) is 32.6. The summed E-state index contributed by atoms with van der Waals surface area (Å²) in [5, 5.41) is 6.16. The van der Waals surface area contributed by atoms with Crippen LogP contribution >= 0.6 is 0 Å². The van der Waals surface area contributed by atoms with Gasteiger partial charge in [-0.2, -0.15) is 0 Å². The van der Waals surface area contributed by atoms with Crippen LogP contribution in [0.4, 0.5) is 4.79 Å². The molecular weight excluding hydrogens is 490 g/mol. The molecule has 3 unspecified atom stereocenters. The molecule has 2 rings (SSSR count). The average molecular weight is 544 g/mol. The Bertz CT molecular complexity index is 971. The maximum atomic E-state index is 14.6. The van der Waals surface area contributed by atoms with E-state index < -0.39 is 29.3 Å². The Morgan fingerprint density at radius 1 is 0.974 bits per heavy atom. The van der Waals surface area contributed by atoms with Crippen molar-refractivity contribution in [3.8, 4) is 0 Å².